The quantitative estimate of drug-likeness (QED) is 0.104. The molecule has 16 saturated carbocycles. The minimum Gasteiger partial charge on any atom is -0.390 e. The van der Waals surface area contributed by atoms with Crippen molar-refractivity contribution in [3.63, 3.8) is 0 Å². The van der Waals surface area contributed by atoms with Gasteiger partial charge in [-0.1, -0.05) is 27.7 Å². The summed E-state index contributed by atoms with van der Waals surface area (Å²) in [4.78, 5) is 53.0. The number of carbonyl (C=O) groups excluding carboxylic acids is 4. The summed E-state index contributed by atoms with van der Waals surface area (Å²) < 4.78 is 7.33. The summed E-state index contributed by atoms with van der Waals surface area (Å²) in [6.07, 6.45) is 57.9. The normalized spacial score (nSPS) is 46.6. The fourth-order valence-electron chi connectivity index (χ4n) is 33.7. The molecule has 0 saturated heterocycles. The number of hydrogen-bond donors (Lipinski definition) is 4. The molecule has 0 amide bonds. The van der Waals surface area contributed by atoms with Crippen LogP contribution in [0.25, 0.3) is 0 Å². The summed E-state index contributed by atoms with van der Waals surface area (Å²) in [7, 11) is 0. The van der Waals surface area contributed by atoms with Gasteiger partial charge in [-0.15, -0.1) is 0 Å². The molecule has 16 fully saturated rings. The van der Waals surface area contributed by atoms with Crippen molar-refractivity contribution in [2.45, 2.75) is 363 Å². The third-order valence-corrected chi connectivity index (χ3v) is 38.8. The van der Waals surface area contributed by atoms with E-state index in [0.717, 1.165) is 218 Å². The Balaban J connectivity index is 0.000000111. The van der Waals surface area contributed by atoms with Crippen molar-refractivity contribution in [1.29, 1.82) is 0 Å². The van der Waals surface area contributed by atoms with E-state index in [1.54, 1.807) is 0 Å². The highest BCUT2D eigenvalue weighted by Gasteiger charge is 2.64. The number of Topliss-reactive ketones (excluding diaryl/α,β-unsaturated/α-hetero) is 4. The Kier molecular flexibility index (Phi) is 23.0. The van der Waals surface area contributed by atoms with Crippen LogP contribution in [0, 0.1) is 191 Å². The first-order chi connectivity index (χ1) is 55.1. The van der Waals surface area contributed by atoms with Crippen LogP contribution in [-0.4, -0.2) is 105 Å². The van der Waals surface area contributed by atoms with Gasteiger partial charge in [0.15, 0.2) is 23.1 Å². The summed E-state index contributed by atoms with van der Waals surface area (Å²) >= 11 is 0. The molecule has 4 N–H and O–H groups in total. The average Bonchev–Trinajstić information content (AvgIpc) is 1.52. The van der Waals surface area contributed by atoms with Crippen molar-refractivity contribution in [3.8, 4) is 0 Å². The molecule has 20 rings (SSSR count). The van der Waals surface area contributed by atoms with Gasteiger partial charge < -0.3 is 20.4 Å². The number of aryl methyl sites for hydroxylation is 4. The zero-order valence-corrected chi connectivity index (χ0v) is 73.8. The molecule has 4 heterocycles. The van der Waals surface area contributed by atoms with E-state index in [2.05, 4.69) is 48.1 Å². The van der Waals surface area contributed by atoms with E-state index < -0.39 is 22.4 Å². The van der Waals surface area contributed by atoms with Crippen molar-refractivity contribution < 1.29 is 39.6 Å². The van der Waals surface area contributed by atoms with E-state index in [4.69, 9.17) is 0 Å². The molecule has 0 spiro atoms. The molecule has 0 aliphatic heterocycles. The van der Waals surface area contributed by atoms with Crippen LogP contribution >= 0.6 is 0 Å². The Hall–Kier alpha value is -4.64. The first kappa shape index (κ1) is 83.6. The number of aromatic nitrogens is 8. The minimum absolute atomic E-state index is 0.188. The third kappa shape index (κ3) is 16.0. The molecule has 640 valence electrons. The smallest absolute Gasteiger partial charge is 0.157 e. The van der Waals surface area contributed by atoms with Crippen LogP contribution in [0.15, 0.2) is 49.6 Å². The van der Waals surface area contributed by atoms with Crippen LogP contribution in [-0.2, 0) is 45.4 Å². The van der Waals surface area contributed by atoms with Crippen LogP contribution < -0.4 is 0 Å². The van der Waals surface area contributed by atoms with E-state index in [1.807, 2.05) is 124 Å². The lowest BCUT2D eigenvalue weighted by Crippen LogP contribution is -2.51. The lowest BCUT2D eigenvalue weighted by molar-refractivity contribution is -0.133. The molecule has 0 radical (unpaired) electrons. The minimum atomic E-state index is -0.438. The highest BCUT2D eigenvalue weighted by molar-refractivity contribution is 5.84. The Bertz CT molecular complexity index is 3660. The van der Waals surface area contributed by atoms with Crippen LogP contribution in [0.1, 0.15) is 309 Å². The van der Waals surface area contributed by atoms with Gasteiger partial charge >= 0.3 is 0 Å². The monoisotopic (exact) mass is 1590 g/mol. The van der Waals surface area contributed by atoms with Gasteiger partial charge in [0, 0.05) is 48.5 Å². The maximum absolute atomic E-state index is 13.3. The molecule has 0 aromatic carbocycles. The maximum Gasteiger partial charge on any atom is 0.157 e. The molecule has 16 nitrogen and oxygen atoms in total. The van der Waals surface area contributed by atoms with Gasteiger partial charge in [-0.3, -0.25) is 37.9 Å². The van der Waals surface area contributed by atoms with Gasteiger partial charge in [-0.05, 0) is 449 Å². The summed E-state index contributed by atoms with van der Waals surface area (Å²) in [5, 5.41) is 59.7. The molecule has 4 aromatic rings. The molecule has 4 aromatic heterocycles. The van der Waals surface area contributed by atoms with Crippen LogP contribution in [0.2, 0.25) is 0 Å². The van der Waals surface area contributed by atoms with E-state index >= 15 is 0 Å². The first-order valence-corrected chi connectivity index (χ1v) is 48.0. The van der Waals surface area contributed by atoms with Crippen LogP contribution in [0.3, 0.4) is 0 Å². The standard InChI is InChI=1S/4C25H38N2O2/c4*1-16-13-26-27(14-16)15-23(28)22-7-6-21-20-5-4-17-12-24(2,29)10-8-18(17)19(20)9-11-25(21,22)3/h4*13-14,17-22,29H,4-12,15H2,1-3H3/t4*17-,18-,19+,20+,21-,22+,24+,25-/m0000/s1. The molecular weight excluding hydrogens is 1440 g/mol. The number of hydrogen-bond acceptors (Lipinski definition) is 12. The zero-order chi connectivity index (χ0) is 81.6. The lowest BCUT2D eigenvalue weighted by Gasteiger charge is -2.56. The lowest BCUT2D eigenvalue weighted by atomic mass is 9.49. The first-order valence-electron chi connectivity index (χ1n) is 48.0. The molecule has 0 bridgehead atoms. The summed E-state index contributed by atoms with van der Waals surface area (Å²) in [6, 6.07) is 0. The zero-order valence-electron chi connectivity index (χ0n) is 73.8. The highest BCUT2D eigenvalue weighted by Crippen LogP contribution is 2.70. The highest BCUT2D eigenvalue weighted by atomic mass is 16.3. The molecule has 0 unspecified atom stereocenters. The number of fused-ring (bicyclic) bond motifs is 20. The average molecular weight is 1590 g/mol. The van der Waals surface area contributed by atoms with Gasteiger partial charge in [0.25, 0.3) is 0 Å². The van der Waals surface area contributed by atoms with E-state index in [-0.39, 0.29) is 45.3 Å². The summed E-state index contributed by atoms with van der Waals surface area (Å²) in [6.45, 7) is 27.8. The number of ketones is 4. The predicted octanol–water partition coefficient (Wildman–Crippen LogP) is 19.1. The molecule has 32 atom stereocenters. The Morgan fingerprint density at radius 3 is 0.664 bits per heavy atom. The summed E-state index contributed by atoms with van der Waals surface area (Å²) in [5.74, 6) is 18.1. The number of rotatable bonds is 12. The van der Waals surface area contributed by atoms with Crippen molar-refractivity contribution >= 4 is 23.1 Å². The van der Waals surface area contributed by atoms with Gasteiger partial charge in [0.2, 0.25) is 0 Å². The second kappa shape index (κ2) is 31.9. The largest absolute Gasteiger partial charge is 0.390 e. The van der Waals surface area contributed by atoms with Crippen molar-refractivity contribution in [2.24, 2.45) is 164 Å². The fourth-order valence-corrected chi connectivity index (χ4v) is 33.7. The SMILES string of the molecule is Cc1cnn(CC(=O)[C@H]2CC[C@H]3[C@@H]4CC[C@H]5C[C@](C)(O)CC[C@@H]5[C@H]4CC[C@]23C)c1.Cc1cnn(CC(=O)[C@H]2CC[C@H]3[C@@H]4CC[C@H]5C[C@](C)(O)CC[C@@H]5[C@H]4CC[C@]23C)c1.Cc1cnn(CC(=O)[C@H]2CC[C@H]3[C@@H]4CC[C@H]5C[C@](C)(O)CC[C@@H]5[C@H]4CC[C@]23C)c1.Cc1cnn(CC(=O)[C@H]2CC[C@H]3[C@@H]4CC[C@H]5C[C@](C)(O)CC[C@@H]5[C@H]4CC[C@]23C)c1. The Labute approximate surface area is 696 Å². The van der Waals surface area contributed by atoms with E-state index in [9.17, 15) is 39.6 Å². The van der Waals surface area contributed by atoms with Gasteiger partial charge in [0.1, 0.15) is 0 Å². The van der Waals surface area contributed by atoms with Crippen molar-refractivity contribution in [2.75, 3.05) is 0 Å². The van der Waals surface area contributed by atoms with Crippen LogP contribution in [0.4, 0.5) is 0 Å². The molecular formula is C100H152N8O8. The fraction of sp³-hybridized carbons (Fsp3) is 0.840. The van der Waals surface area contributed by atoms with Gasteiger partial charge in [0.05, 0.1) is 73.4 Å². The predicted molar refractivity (Wildman–Crippen MR) is 453 cm³/mol. The second-order valence-electron chi connectivity index (χ2n) is 46.1. The Morgan fingerprint density at radius 1 is 0.276 bits per heavy atom. The van der Waals surface area contributed by atoms with Gasteiger partial charge in [-0.25, -0.2) is 0 Å². The number of carbonyl (C=O) groups is 4. The van der Waals surface area contributed by atoms with Crippen molar-refractivity contribution in [3.05, 3.63) is 71.8 Å². The molecule has 16 heteroatoms. The third-order valence-electron chi connectivity index (χ3n) is 38.8. The Morgan fingerprint density at radius 2 is 0.474 bits per heavy atom. The number of nitrogens with zero attached hydrogens (tertiary/aromatic N) is 8. The van der Waals surface area contributed by atoms with Crippen LogP contribution in [0.5, 0.6) is 0 Å². The molecule has 16 aliphatic rings. The molecule has 16 aliphatic carbocycles. The topological polar surface area (TPSA) is 220 Å². The molecule has 116 heavy (non-hydrogen) atoms. The van der Waals surface area contributed by atoms with Crippen molar-refractivity contribution in [1.82, 2.24) is 39.1 Å². The van der Waals surface area contributed by atoms with E-state index in [0.29, 0.717) is 49.3 Å². The van der Waals surface area contributed by atoms with E-state index in [1.165, 1.54) is 154 Å². The van der Waals surface area contributed by atoms with Gasteiger partial charge in [-0.2, -0.15) is 20.4 Å². The summed E-state index contributed by atoms with van der Waals surface area (Å²) in [5.41, 5.74) is 3.49. The second-order valence-corrected chi connectivity index (χ2v) is 46.1. The number of aliphatic hydroxyl groups is 4. The maximum atomic E-state index is 13.3.